The number of hydrogen-bond donors (Lipinski definition) is 2. The van der Waals surface area contributed by atoms with Crippen molar-refractivity contribution in [2.45, 2.75) is 19.8 Å². The van der Waals surface area contributed by atoms with Crippen LogP contribution in [0.3, 0.4) is 0 Å². The molecule has 1 aromatic heterocycles. The first-order chi connectivity index (χ1) is 11.3. The number of hydrogen-bond acceptors (Lipinski definition) is 7. The fourth-order valence-electron chi connectivity index (χ4n) is 1.60. The van der Waals surface area contributed by atoms with E-state index in [1.807, 2.05) is 11.6 Å². The minimum atomic E-state index is -3.73. The lowest BCUT2D eigenvalue weighted by molar-refractivity contribution is -0.139. The van der Waals surface area contributed by atoms with Crippen molar-refractivity contribution in [1.29, 1.82) is 0 Å². The number of unbranched alkanes of at least 4 members (excludes halogenated alkanes) is 1. The van der Waals surface area contributed by atoms with Gasteiger partial charge in [0, 0.05) is 11.8 Å². The van der Waals surface area contributed by atoms with Crippen LogP contribution in [0, 0.1) is 0 Å². The molecule has 2 amide bonds. The molecule has 1 aromatic rings. The largest absolute Gasteiger partial charge is 0.468 e. The van der Waals surface area contributed by atoms with Gasteiger partial charge in [-0.1, -0.05) is 13.3 Å². The summed E-state index contributed by atoms with van der Waals surface area (Å²) in [6.45, 7) is 1.48. The third kappa shape index (κ3) is 6.32. The van der Waals surface area contributed by atoms with Crippen LogP contribution in [0.25, 0.3) is 0 Å². The van der Waals surface area contributed by atoms with Crippen LogP contribution in [-0.4, -0.2) is 50.6 Å². The number of methoxy groups -OCH3 is 1. The summed E-state index contributed by atoms with van der Waals surface area (Å²) in [5.41, 5.74) is -0.161. The molecule has 0 aliphatic carbocycles. The van der Waals surface area contributed by atoms with Gasteiger partial charge >= 0.3 is 5.97 Å². The number of carbonyl (C=O) groups excluding carboxylic acids is 3. The fourth-order valence-corrected chi connectivity index (χ4v) is 2.77. The normalized spacial score (nSPS) is 10.8. The predicted molar refractivity (Wildman–Crippen MR) is 84.7 cm³/mol. The van der Waals surface area contributed by atoms with Gasteiger partial charge in [0.25, 0.3) is 11.8 Å². The van der Waals surface area contributed by atoms with E-state index in [4.69, 9.17) is 0 Å². The Morgan fingerprint density at radius 2 is 1.96 bits per heavy atom. The summed E-state index contributed by atoms with van der Waals surface area (Å²) >= 11 is 0. The minimum Gasteiger partial charge on any atom is -0.468 e. The van der Waals surface area contributed by atoms with Crippen molar-refractivity contribution in [3.8, 4) is 0 Å². The summed E-state index contributed by atoms with van der Waals surface area (Å²) in [6.07, 6.45) is 2.30. The summed E-state index contributed by atoms with van der Waals surface area (Å²) < 4.78 is 29.8. The van der Waals surface area contributed by atoms with E-state index in [0.29, 0.717) is 12.8 Å². The zero-order valence-electron chi connectivity index (χ0n) is 13.4. The van der Waals surface area contributed by atoms with Crippen molar-refractivity contribution < 1.29 is 27.5 Å². The monoisotopic (exact) mass is 357 g/mol. The van der Waals surface area contributed by atoms with E-state index >= 15 is 0 Å². The summed E-state index contributed by atoms with van der Waals surface area (Å²) in [5, 5.41) is 2.27. The molecule has 0 radical (unpaired) electrons. The number of ether oxygens (including phenoxy) is 1. The van der Waals surface area contributed by atoms with E-state index in [-0.39, 0.29) is 23.6 Å². The number of sulfonamides is 1. The zero-order chi connectivity index (χ0) is 18.2. The maximum atomic E-state index is 12.0. The molecular weight excluding hydrogens is 338 g/mol. The first-order valence-electron chi connectivity index (χ1n) is 7.15. The smallest absolute Gasteiger partial charge is 0.325 e. The molecule has 0 fully saturated rings. The van der Waals surface area contributed by atoms with E-state index in [0.717, 1.165) is 6.07 Å². The summed E-state index contributed by atoms with van der Waals surface area (Å²) in [4.78, 5) is 38.6. The Kier molecular flexibility index (Phi) is 7.31. The first kappa shape index (κ1) is 19.6. The standard InChI is InChI=1S/C14H19N3O6S/c1-3-4-7-24(21,22)17-13(19)10-5-6-15-11(8-10)14(20)16-9-12(18)23-2/h5-6,8H,3-4,7,9H2,1-2H3,(H,16,20)(H,17,19). The third-order valence-electron chi connectivity index (χ3n) is 2.89. The molecule has 9 nitrogen and oxygen atoms in total. The van der Waals surface area contributed by atoms with Crippen LogP contribution in [-0.2, 0) is 19.6 Å². The van der Waals surface area contributed by atoms with Crippen LogP contribution < -0.4 is 10.0 Å². The van der Waals surface area contributed by atoms with Crippen LogP contribution >= 0.6 is 0 Å². The number of nitrogens with one attached hydrogen (secondary N) is 2. The molecule has 2 N–H and O–H groups in total. The lowest BCUT2D eigenvalue weighted by Crippen LogP contribution is -2.33. The van der Waals surface area contributed by atoms with E-state index in [1.54, 1.807) is 0 Å². The first-order valence-corrected chi connectivity index (χ1v) is 8.80. The Hall–Kier alpha value is -2.49. The van der Waals surface area contributed by atoms with Crippen molar-refractivity contribution in [3.63, 3.8) is 0 Å². The van der Waals surface area contributed by atoms with Crippen LogP contribution in [0.2, 0.25) is 0 Å². The third-order valence-corrected chi connectivity index (χ3v) is 4.21. The van der Waals surface area contributed by atoms with E-state index < -0.39 is 27.8 Å². The van der Waals surface area contributed by atoms with E-state index in [9.17, 15) is 22.8 Å². The second-order valence-electron chi connectivity index (χ2n) is 4.79. The molecule has 0 saturated carbocycles. The Morgan fingerprint density at radius 1 is 1.25 bits per heavy atom. The molecule has 1 heterocycles. The van der Waals surface area contributed by atoms with Gasteiger partial charge in [-0.3, -0.25) is 19.4 Å². The van der Waals surface area contributed by atoms with Gasteiger partial charge in [-0.15, -0.1) is 0 Å². The van der Waals surface area contributed by atoms with Crippen molar-refractivity contribution in [2.75, 3.05) is 19.4 Å². The van der Waals surface area contributed by atoms with E-state index in [2.05, 4.69) is 15.0 Å². The number of nitrogens with zero attached hydrogens (tertiary/aromatic N) is 1. The summed E-state index contributed by atoms with van der Waals surface area (Å²) in [6, 6.07) is 2.42. The van der Waals surface area contributed by atoms with Gasteiger partial charge in [-0.05, 0) is 18.6 Å². The van der Waals surface area contributed by atoms with Gasteiger partial charge in [0.05, 0.1) is 12.9 Å². The van der Waals surface area contributed by atoms with Gasteiger partial charge < -0.3 is 10.1 Å². The molecule has 0 aliphatic rings. The van der Waals surface area contributed by atoms with Crippen molar-refractivity contribution in [1.82, 2.24) is 15.0 Å². The highest BCUT2D eigenvalue weighted by atomic mass is 32.2. The number of amides is 2. The van der Waals surface area contributed by atoms with Crippen LogP contribution in [0.5, 0.6) is 0 Å². The summed E-state index contributed by atoms with van der Waals surface area (Å²) in [5.74, 6) is -2.34. The molecule has 10 heteroatoms. The molecule has 0 saturated heterocycles. The number of rotatable bonds is 8. The Balaban J connectivity index is 2.79. The molecule has 0 unspecified atom stereocenters. The average molecular weight is 357 g/mol. The second-order valence-corrected chi connectivity index (χ2v) is 6.63. The van der Waals surface area contributed by atoms with Crippen molar-refractivity contribution >= 4 is 27.8 Å². The lowest BCUT2D eigenvalue weighted by atomic mass is 10.2. The highest BCUT2D eigenvalue weighted by Crippen LogP contribution is 2.04. The van der Waals surface area contributed by atoms with Crippen molar-refractivity contribution in [3.05, 3.63) is 29.6 Å². The fraction of sp³-hybridized carbons (Fsp3) is 0.429. The molecule has 0 aliphatic heterocycles. The Labute approximate surface area is 139 Å². The minimum absolute atomic E-state index is 0.0340. The predicted octanol–water partition coefficient (Wildman–Crippen LogP) is -0.156. The van der Waals surface area contributed by atoms with Crippen LogP contribution in [0.15, 0.2) is 18.3 Å². The number of pyridine rings is 1. The van der Waals surface area contributed by atoms with Gasteiger partial charge in [0.2, 0.25) is 10.0 Å². The Bertz CT molecular complexity index is 717. The summed E-state index contributed by atoms with van der Waals surface area (Å²) in [7, 11) is -2.55. The second kappa shape index (κ2) is 8.96. The van der Waals surface area contributed by atoms with Gasteiger partial charge in [0.1, 0.15) is 12.2 Å². The van der Waals surface area contributed by atoms with Crippen LogP contribution in [0.1, 0.15) is 40.6 Å². The number of carbonyl (C=O) groups is 3. The highest BCUT2D eigenvalue weighted by Gasteiger charge is 2.17. The van der Waals surface area contributed by atoms with E-state index in [1.165, 1.54) is 19.4 Å². The maximum absolute atomic E-state index is 12.0. The molecule has 132 valence electrons. The molecule has 24 heavy (non-hydrogen) atoms. The molecular formula is C14H19N3O6S. The molecule has 0 bridgehead atoms. The van der Waals surface area contributed by atoms with Gasteiger partial charge in [0.15, 0.2) is 0 Å². The molecule has 0 atom stereocenters. The van der Waals surface area contributed by atoms with Crippen LogP contribution in [0.4, 0.5) is 0 Å². The SMILES string of the molecule is CCCCS(=O)(=O)NC(=O)c1ccnc(C(=O)NCC(=O)OC)c1. The van der Waals surface area contributed by atoms with Gasteiger partial charge in [-0.2, -0.15) is 0 Å². The van der Waals surface area contributed by atoms with Gasteiger partial charge in [-0.25, -0.2) is 13.1 Å². The average Bonchev–Trinajstić information content (AvgIpc) is 2.57. The van der Waals surface area contributed by atoms with Crippen molar-refractivity contribution in [2.24, 2.45) is 0 Å². The lowest BCUT2D eigenvalue weighted by Gasteiger charge is -2.07. The molecule has 0 spiro atoms. The zero-order valence-corrected chi connectivity index (χ0v) is 14.2. The number of esters is 1. The topological polar surface area (TPSA) is 132 Å². The Morgan fingerprint density at radius 3 is 2.58 bits per heavy atom. The molecule has 0 aromatic carbocycles. The quantitative estimate of drug-likeness (QED) is 0.618. The highest BCUT2D eigenvalue weighted by molar-refractivity contribution is 7.90. The number of aromatic nitrogens is 1. The maximum Gasteiger partial charge on any atom is 0.325 e. The molecule has 1 rings (SSSR count).